The fraction of sp³-hybridized carbons (Fsp3) is 0.350. The Labute approximate surface area is 162 Å². The number of amides is 1. The summed E-state index contributed by atoms with van der Waals surface area (Å²) in [6.07, 6.45) is 0. The largest absolute Gasteiger partial charge is 0.353 e. The molecule has 0 aliphatic rings. The van der Waals surface area contributed by atoms with E-state index in [1.54, 1.807) is 9.47 Å². The summed E-state index contributed by atoms with van der Waals surface area (Å²) in [4.78, 5) is 35.1. The Morgan fingerprint density at radius 2 is 1.85 bits per heavy atom. The summed E-state index contributed by atoms with van der Waals surface area (Å²) in [5.74, 6) is 0.287. The minimum Gasteiger partial charge on any atom is -0.353 e. The van der Waals surface area contributed by atoms with Gasteiger partial charge in [-0.05, 0) is 45.9 Å². The predicted molar refractivity (Wildman–Crippen MR) is 110 cm³/mol. The number of aryl methyl sites for hydroxylation is 2. The van der Waals surface area contributed by atoms with Crippen LogP contribution in [0.2, 0.25) is 0 Å². The minimum atomic E-state index is -0.158. The van der Waals surface area contributed by atoms with E-state index in [4.69, 9.17) is 0 Å². The fourth-order valence-corrected chi connectivity index (χ4v) is 3.91. The third kappa shape index (κ3) is 3.93. The number of nitrogens with zero attached hydrogens (tertiary/aromatic N) is 3. The molecule has 0 aliphatic heterocycles. The minimum absolute atomic E-state index is 0.0417. The van der Waals surface area contributed by atoms with Crippen molar-refractivity contribution < 1.29 is 4.79 Å². The molecule has 3 aromatic rings. The Kier molecular flexibility index (Phi) is 5.70. The van der Waals surface area contributed by atoms with Crippen LogP contribution in [-0.4, -0.2) is 44.2 Å². The standard InChI is InChI=1S/C20H24N4O2S/c1-5-23(6-2)17(25)12-27-20-22-16-11-14(4)21-18(16)19(26)24(20)15-9-7-13(3)8-10-15/h7-11,21H,5-6,12H2,1-4H3. The molecule has 27 heavy (non-hydrogen) atoms. The van der Waals surface area contributed by atoms with Gasteiger partial charge in [-0.1, -0.05) is 29.5 Å². The molecule has 142 valence electrons. The summed E-state index contributed by atoms with van der Waals surface area (Å²) in [5.41, 5.74) is 3.68. The van der Waals surface area contributed by atoms with Crippen molar-refractivity contribution in [3.8, 4) is 5.69 Å². The number of H-pyrrole nitrogens is 1. The van der Waals surface area contributed by atoms with E-state index < -0.39 is 0 Å². The molecular weight excluding hydrogens is 360 g/mol. The second-order valence-electron chi connectivity index (χ2n) is 6.44. The first-order chi connectivity index (χ1) is 12.9. The molecule has 0 aliphatic carbocycles. The van der Waals surface area contributed by atoms with E-state index in [2.05, 4.69) is 9.97 Å². The van der Waals surface area contributed by atoms with Gasteiger partial charge in [-0.15, -0.1) is 0 Å². The first kappa shape index (κ1) is 19.2. The zero-order chi connectivity index (χ0) is 19.6. The summed E-state index contributed by atoms with van der Waals surface area (Å²) >= 11 is 1.30. The van der Waals surface area contributed by atoms with Crippen molar-refractivity contribution >= 4 is 28.7 Å². The van der Waals surface area contributed by atoms with Crippen LogP contribution in [0.3, 0.4) is 0 Å². The molecule has 1 N–H and O–H groups in total. The van der Waals surface area contributed by atoms with Crippen LogP contribution < -0.4 is 5.56 Å². The monoisotopic (exact) mass is 384 g/mol. The highest BCUT2D eigenvalue weighted by Gasteiger charge is 2.17. The Bertz CT molecular complexity index is 1020. The molecular formula is C20H24N4O2S. The number of rotatable bonds is 6. The highest BCUT2D eigenvalue weighted by atomic mass is 32.2. The maximum atomic E-state index is 13.1. The van der Waals surface area contributed by atoms with Crippen LogP contribution in [0.1, 0.15) is 25.1 Å². The molecule has 0 unspecified atom stereocenters. The smallest absolute Gasteiger partial charge is 0.283 e. The van der Waals surface area contributed by atoms with E-state index >= 15 is 0 Å². The molecule has 3 rings (SSSR count). The number of aromatic nitrogens is 3. The van der Waals surface area contributed by atoms with Gasteiger partial charge < -0.3 is 9.88 Å². The fourth-order valence-electron chi connectivity index (χ4n) is 2.99. The summed E-state index contributed by atoms with van der Waals surface area (Å²) in [7, 11) is 0. The van der Waals surface area contributed by atoms with Gasteiger partial charge in [0.25, 0.3) is 5.56 Å². The van der Waals surface area contributed by atoms with Crippen LogP contribution in [0.5, 0.6) is 0 Å². The molecule has 2 heterocycles. The van der Waals surface area contributed by atoms with E-state index in [0.717, 1.165) is 16.9 Å². The average molecular weight is 385 g/mol. The summed E-state index contributed by atoms with van der Waals surface area (Å²) < 4.78 is 1.58. The van der Waals surface area contributed by atoms with E-state index in [1.165, 1.54) is 11.8 Å². The Balaban J connectivity index is 2.06. The zero-order valence-electron chi connectivity index (χ0n) is 16.1. The van der Waals surface area contributed by atoms with Gasteiger partial charge in [0.15, 0.2) is 5.16 Å². The molecule has 7 heteroatoms. The Morgan fingerprint density at radius 3 is 2.48 bits per heavy atom. The zero-order valence-corrected chi connectivity index (χ0v) is 16.9. The van der Waals surface area contributed by atoms with Gasteiger partial charge in [0.1, 0.15) is 5.52 Å². The maximum Gasteiger partial charge on any atom is 0.283 e. The molecule has 0 saturated carbocycles. The third-order valence-electron chi connectivity index (χ3n) is 4.49. The molecule has 0 atom stereocenters. The molecule has 6 nitrogen and oxygen atoms in total. The predicted octanol–water partition coefficient (Wildman–Crippen LogP) is 3.29. The van der Waals surface area contributed by atoms with Crippen molar-refractivity contribution in [2.75, 3.05) is 18.8 Å². The van der Waals surface area contributed by atoms with E-state index in [-0.39, 0.29) is 17.2 Å². The number of carbonyl (C=O) groups is 1. The van der Waals surface area contributed by atoms with Gasteiger partial charge in [-0.3, -0.25) is 14.2 Å². The van der Waals surface area contributed by atoms with Gasteiger partial charge in [0, 0.05) is 18.8 Å². The van der Waals surface area contributed by atoms with Crippen molar-refractivity contribution in [3.05, 3.63) is 51.9 Å². The van der Waals surface area contributed by atoms with Gasteiger partial charge >= 0.3 is 0 Å². The van der Waals surface area contributed by atoms with Crippen LogP contribution in [-0.2, 0) is 4.79 Å². The quantitative estimate of drug-likeness (QED) is 0.523. The first-order valence-electron chi connectivity index (χ1n) is 9.04. The topological polar surface area (TPSA) is 71.0 Å². The Morgan fingerprint density at radius 1 is 1.19 bits per heavy atom. The molecule has 1 amide bonds. The first-order valence-corrected chi connectivity index (χ1v) is 10.0. The lowest BCUT2D eigenvalue weighted by Gasteiger charge is -2.18. The van der Waals surface area contributed by atoms with Crippen LogP contribution in [0, 0.1) is 13.8 Å². The van der Waals surface area contributed by atoms with Gasteiger partial charge in [0.2, 0.25) is 5.91 Å². The summed E-state index contributed by atoms with van der Waals surface area (Å²) in [5, 5.41) is 0.524. The van der Waals surface area contributed by atoms with Crippen molar-refractivity contribution in [1.29, 1.82) is 0 Å². The number of nitrogens with one attached hydrogen (secondary N) is 1. The number of thioether (sulfide) groups is 1. The van der Waals surface area contributed by atoms with Crippen molar-refractivity contribution in [2.24, 2.45) is 0 Å². The highest BCUT2D eigenvalue weighted by Crippen LogP contribution is 2.22. The van der Waals surface area contributed by atoms with Gasteiger partial charge in [0.05, 0.1) is 17.0 Å². The summed E-state index contributed by atoms with van der Waals surface area (Å²) in [6, 6.07) is 9.57. The highest BCUT2D eigenvalue weighted by molar-refractivity contribution is 7.99. The van der Waals surface area contributed by atoms with Crippen LogP contribution in [0.25, 0.3) is 16.7 Å². The number of fused-ring (bicyclic) bond motifs is 1. The lowest BCUT2D eigenvalue weighted by molar-refractivity contribution is -0.127. The van der Waals surface area contributed by atoms with Crippen LogP contribution in [0.4, 0.5) is 0 Å². The number of hydrogen-bond acceptors (Lipinski definition) is 4. The molecule has 0 radical (unpaired) electrons. The maximum absolute atomic E-state index is 13.1. The van der Waals surface area contributed by atoms with Crippen molar-refractivity contribution in [3.63, 3.8) is 0 Å². The van der Waals surface area contributed by atoms with E-state index in [1.807, 2.05) is 58.0 Å². The lowest BCUT2D eigenvalue weighted by Crippen LogP contribution is -2.32. The second kappa shape index (κ2) is 8.00. The van der Waals surface area contributed by atoms with Gasteiger partial charge in [-0.25, -0.2) is 4.98 Å². The molecule has 0 bridgehead atoms. The third-order valence-corrected chi connectivity index (χ3v) is 5.41. The molecule has 2 aromatic heterocycles. The van der Waals surface area contributed by atoms with Gasteiger partial charge in [-0.2, -0.15) is 0 Å². The van der Waals surface area contributed by atoms with E-state index in [0.29, 0.717) is 29.3 Å². The molecule has 0 saturated heterocycles. The molecule has 0 spiro atoms. The number of carbonyl (C=O) groups excluding carboxylic acids is 1. The van der Waals surface area contributed by atoms with E-state index in [9.17, 15) is 9.59 Å². The normalized spacial score (nSPS) is 11.1. The van der Waals surface area contributed by atoms with Crippen LogP contribution >= 0.6 is 11.8 Å². The van der Waals surface area contributed by atoms with Crippen molar-refractivity contribution in [2.45, 2.75) is 32.9 Å². The second-order valence-corrected chi connectivity index (χ2v) is 7.38. The number of benzene rings is 1. The number of hydrogen-bond donors (Lipinski definition) is 1. The molecule has 1 aromatic carbocycles. The van der Waals surface area contributed by atoms with Crippen LogP contribution in [0.15, 0.2) is 40.3 Å². The summed E-state index contributed by atoms with van der Waals surface area (Å²) in [6.45, 7) is 9.16. The SMILES string of the molecule is CCN(CC)C(=O)CSc1nc2cc(C)[nH]c2c(=O)n1-c1ccc(C)cc1. The number of aromatic amines is 1. The molecule has 0 fully saturated rings. The lowest BCUT2D eigenvalue weighted by atomic mass is 10.2. The van der Waals surface area contributed by atoms with Crippen molar-refractivity contribution in [1.82, 2.24) is 19.4 Å². The average Bonchev–Trinajstić information content (AvgIpc) is 3.03. The Hall–Kier alpha value is -2.54.